The Morgan fingerprint density at radius 2 is 2.12 bits per heavy atom. The van der Waals surface area contributed by atoms with Crippen LogP contribution < -0.4 is 0 Å². The normalized spacial score (nSPS) is 10.5. The third-order valence-electron chi connectivity index (χ3n) is 1.92. The number of hydrogen-bond donors (Lipinski definition) is 0. The number of benzene rings is 1. The van der Waals surface area contributed by atoms with Crippen LogP contribution in [0.2, 0.25) is 0 Å². The summed E-state index contributed by atoms with van der Waals surface area (Å²) in [6.45, 7) is 0.235. The summed E-state index contributed by atoms with van der Waals surface area (Å²) in [6.07, 6.45) is 0. The minimum atomic E-state index is -0.517. The predicted molar refractivity (Wildman–Crippen MR) is 63.7 cm³/mol. The topological polar surface area (TPSA) is 63.5 Å². The average molecular weight is 287 g/mol. The molecule has 0 heterocycles. The molecule has 1 rings (SSSR count). The summed E-state index contributed by atoms with van der Waals surface area (Å²) in [5, 5.41) is 10.7. The Balaban J connectivity index is 3.03. The van der Waals surface area contributed by atoms with Gasteiger partial charge >= 0.3 is 0 Å². The van der Waals surface area contributed by atoms with Gasteiger partial charge in [0.15, 0.2) is 5.78 Å². The van der Waals surface area contributed by atoms with E-state index in [1.807, 2.05) is 0 Å². The van der Waals surface area contributed by atoms with Crippen molar-refractivity contribution in [2.45, 2.75) is 0 Å². The quantitative estimate of drug-likeness (QED) is 0.483. The van der Waals surface area contributed by atoms with Gasteiger partial charge in [-0.2, -0.15) is 0 Å². The Kier molecular flexibility index (Phi) is 4.14. The molecule has 86 valence electrons. The van der Waals surface area contributed by atoms with Crippen LogP contribution in [0.15, 0.2) is 22.7 Å². The monoisotopic (exact) mass is 286 g/mol. The first kappa shape index (κ1) is 12.8. The summed E-state index contributed by atoms with van der Waals surface area (Å²) in [6, 6.07) is 4.37. The Morgan fingerprint density at radius 3 is 2.62 bits per heavy atom. The highest BCUT2D eigenvalue weighted by Gasteiger charge is 2.16. The maximum Gasteiger partial charge on any atom is 0.284 e. The highest BCUT2D eigenvalue weighted by atomic mass is 79.9. The van der Waals surface area contributed by atoms with E-state index in [0.717, 1.165) is 0 Å². The number of ketones is 1. The number of nitro benzene ring substituents is 1. The molecule has 0 aliphatic carbocycles. The number of rotatable bonds is 4. The molecule has 0 aliphatic rings. The van der Waals surface area contributed by atoms with E-state index >= 15 is 0 Å². The van der Waals surface area contributed by atoms with E-state index in [1.165, 1.54) is 12.1 Å². The predicted octanol–water partition coefficient (Wildman–Crippen LogP) is 2.10. The van der Waals surface area contributed by atoms with Crippen molar-refractivity contribution in [1.82, 2.24) is 4.90 Å². The molecular weight excluding hydrogens is 276 g/mol. The molecule has 0 unspecified atom stereocenters. The molecule has 1 aromatic rings. The van der Waals surface area contributed by atoms with Crippen molar-refractivity contribution in [2.24, 2.45) is 0 Å². The highest BCUT2D eigenvalue weighted by Crippen LogP contribution is 2.25. The number of nitrogens with zero attached hydrogens (tertiary/aromatic N) is 2. The standard InChI is InChI=1S/C10H11BrN2O3/c1-12(2)6-10(14)7-3-4-8(11)9(5-7)13(15)16/h3-5H,6H2,1-2H3. The lowest BCUT2D eigenvalue weighted by atomic mass is 10.1. The maximum absolute atomic E-state index is 11.7. The second kappa shape index (κ2) is 5.18. The van der Waals surface area contributed by atoms with Crippen LogP contribution in [0.5, 0.6) is 0 Å². The fourth-order valence-corrected chi connectivity index (χ4v) is 1.60. The summed E-state index contributed by atoms with van der Waals surface area (Å²) in [7, 11) is 3.54. The first-order valence-electron chi connectivity index (χ1n) is 4.53. The molecule has 0 N–H and O–H groups in total. The number of carbonyl (C=O) groups excluding carboxylic acids is 1. The lowest BCUT2D eigenvalue weighted by Gasteiger charge is -2.08. The lowest BCUT2D eigenvalue weighted by molar-refractivity contribution is -0.385. The van der Waals surface area contributed by atoms with Crippen LogP contribution in [-0.4, -0.2) is 36.2 Å². The second-order valence-electron chi connectivity index (χ2n) is 3.58. The fraction of sp³-hybridized carbons (Fsp3) is 0.300. The fourth-order valence-electron chi connectivity index (χ4n) is 1.20. The van der Waals surface area contributed by atoms with Crippen molar-refractivity contribution in [3.05, 3.63) is 38.3 Å². The molecule has 0 amide bonds. The molecule has 0 radical (unpaired) electrons. The SMILES string of the molecule is CN(C)CC(=O)c1ccc(Br)c([N+](=O)[O-])c1. The molecule has 1 aromatic carbocycles. The number of nitro groups is 1. The first-order chi connectivity index (χ1) is 7.41. The molecule has 6 heteroatoms. The van der Waals surface area contributed by atoms with Gasteiger partial charge in [0.1, 0.15) is 0 Å². The molecule has 0 spiro atoms. The van der Waals surface area contributed by atoms with Gasteiger partial charge in [0, 0.05) is 11.6 Å². The maximum atomic E-state index is 11.7. The van der Waals surface area contributed by atoms with Crippen molar-refractivity contribution < 1.29 is 9.72 Å². The van der Waals surface area contributed by atoms with Crippen LogP contribution in [0.4, 0.5) is 5.69 Å². The number of halogens is 1. The summed E-state index contributed by atoms with van der Waals surface area (Å²) in [5.41, 5.74) is 0.258. The smallest absolute Gasteiger partial charge is 0.284 e. The van der Waals surface area contributed by atoms with Crippen LogP contribution in [0.1, 0.15) is 10.4 Å². The Hall–Kier alpha value is -1.27. The molecule has 0 aromatic heterocycles. The molecule has 5 nitrogen and oxygen atoms in total. The van der Waals surface area contributed by atoms with E-state index in [-0.39, 0.29) is 18.0 Å². The summed E-state index contributed by atoms with van der Waals surface area (Å²) >= 11 is 3.07. The molecule has 0 saturated carbocycles. The van der Waals surface area contributed by atoms with Crippen LogP contribution >= 0.6 is 15.9 Å². The van der Waals surface area contributed by atoms with E-state index in [0.29, 0.717) is 10.0 Å². The van der Waals surface area contributed by atoms with Gasteiger partial charge in [-0.3, -0.25) is 14.9 Å². The van der Waals surface area contributed by atoms with Crippen molar-refractivity contribution in [1.29, 1.82) is 0 Å². The summed E-state index contributed by atoms with van der Waals surface area (Å²) in [5.74, 6) is -0.138. The minimum absolute atomic E-state index is 0.0930. The van der Waals surface area contributed by atoms with Crippen LogP contribution in [0.3, 0.4) is 0 Å². The molecule has 0 fully saturated rings. The zero-order chi connectivity index (χ0) is 12.3. The first-order valence-corrected chi connectivity index (χ1v) is 5.33. The van der Waals surface area contributed by atoms with Gasteiger partial charge in [-0.1, -0.05) is 0 Å². The van der Waals surface area contributed by atoms with E-state index in [4.69, 9.17) is 0 Å². The van der Waals surface area contributed by atoms with E-state index in [2.05, 4.69) is 15.9 Å². The van der Waals surface area contributed by atoms with Gasteiger partial charge in [0.05, 0.1) is 15.9 Å². The average Bonchev–Trinajstić information content (AvgIpc) is 2.16. The van der Waals surface area contributed by atoms with Gasteiger partial charge in [-0.15, -0.1) is 0 Å². The molecular formula is C10H11BrN2O3. The van der Waals surface area contributed by atoms with Crippen LogP contribution in [-0.2, 0) is 0 Å². The van der Waals surface area contributed by atoms with Gasteiger partial charge < -0.3 is 4.90 Å². The van der Waals surface area contributed by atoms with E-state index < -0.39 is 4.92 Å². The van der Waals surface area contributed by atoms with Gasteiger partial charge in [-0.25, -0.2) is 0 Å². The number of likely N-dealkylation sites (N-methyl/N-ethyl adjacent to an activating group) is 1. The van der Waals surface area contributed by atoms with E-state index in [1.54, 1.807) is 25.1 Å². The van der Waals surface area contributed by atoms with Gasteiger partial charge in [0.25, 0.3) is 5.69 Å². The van der Waals surface area contributed by atoms with Crippen molar-refractivity contribution in [3.63, 3.8) is 0 Å². The zero-order valence-electron chi connectivity index (χ0n) is 8.94. The van der Waals surface area contributed by atoms with Crippen molar-refractivity contribution >= 4 is 27.4 Å². The number of Topliss-reactive ketones (excluding diaryl/α,β-unsaturated/α-hetero) is 1. The molecule has 0 bridgehead atoms. The van der Waals surface area contributed by atoms with Crippen LogP contribution in [0.25, 0.3) is 0 Å². The molecule has 0 aliphatic heterocycles. The van der Waals surface area contributed by atoms with Crippen molar-refractivity contribution in [3.8, 4) is 0 Å². The second-order valence-corrected chi connectivity index (χ2v) is 4.44. The van der Waals surface area contributed by atoms with Crippen LogP contribution in [0, 0.1) is 10.1 Å². The third kappa shape index (κ3) is 3.11. The largest absolute Gasteiger partial charge is 0.302 e. The van der Waals surface area contributed by atoms with Crippen molar-refractivity contribution in [2.75, 3.05) is 20.6 Å². The molecule has 0 atom stereocenters. The van der Waals surface area contributed by atoms with E-state index in [9.17, 15) is 14.9 Å². The summed E-state index contributed by atoms with van der Waals surface area (Å²) < 4.78 is 0.374. The number of hydrogen-bond acceptors (Lipinski definition) is 4. The Bertz CT molecular complexity index is 432. The lowest BCUT2D eigenvalue weighted by Crippen LogP contribution is -2.21. The molecule has 16 heavy (non-hydrogen) atoms. The molecule has 0 saturated heterocycles. The Morgan fingerprint density at radius 1 is 1.50 bits per heavy atom. The zero-order valence-corrected chi connectivity index (χ0v) is 10.5. The summed E-state index contributed by atoms with van der Waals surface area (Å²) in [4.78, 5) is 23.5. The Labute approximate surface area is 101 Å². The third-order valence-corrected chi connectivity index (χ3v) is 2.60. The number of carbonyl (C=O) groups is 1. The van der Waals surface area contributed by atoms with Gasteiger partial charge in [-0.05, 0) is 42.2 Å². The highest BCUT2D eigenvalue weighted by molar-refractivity contribution is 9.10. The minimum Gasteiger partial charge on any atom is -0.302 e. The van der Waals surface area contributed by atoms with Gasteiger partial charge in [0.2, 0.25) is 0 Å².